The number of thiazole rings is 1. The van der Waals surface area contributed by atoms with Gasteiger partial charge in [-0.2, -0.15) is 0 Å². The van der Waals surface area contributed by atoms with Crippen LogP contribution >= 0.6 is 23.1 Å². The SMILES string of the molecule is Cc1cccc(NC(=O)CSCC(=O)Nc2nc3c(s2)CCCCCC3)c1. The van der Waals surface area contributed by atoms with Crippen molar-refractivity contribution in [3.63, 3.8) is 0 Å². The van der Waals surface area contributed by atoms with Crippen molar-refractivity contribution in [2.75, 3.05) is 22.1 Å². The summed E-state index contributed by atoms with van der Waals surface area (Å²) in [6.45, 7) is 1.98. The van der Waals surface area contributed by atoms with Gasteiger partial charge in [-0.05, 0) is 50.3 Å². The number of hydrogen-bond donors (Lipinski definition) is 2. The van der Waals surface area contributed by atoms with Crippen LogP contribution in [0.1, 0.15) is 41.8 Å². The smallest absolute Gasteiger partial charge is 0.236 e. The fourth-order valence-corrected chi connectivity index (χ4v) is 4.75. The molecular weight excluding hydrogens is 378 g/mol. The van der Waals surface area contributed by atoms with Crippen LogP contribution in [0, 0.1) is 6.92 Å². The number of amides is 2. The lowest BCUT2D eigenvalue weighted by atomic mass is 10.0. The molecule has 5 nitrogen and oxygen atoms in total. The molecule has 0 atom stereocenters. The average molecular weight is 404 g/mol. The van der Waals surface area contributed by atoms with Gasteiger partial charge in [0.25, 0.3) is 0 Å². The molecule has 0 spiro atoms. The Balaban J connectivity index is 1.42. The molecule has 0 saturated carbocycles. The zero-order valence-corrected chi connectivity index (χ0v) is 17.2. The van der Waals surface area contributed by atoms with Gasteiger partial charge in [-0.15, -0.1) is 23.1 Å². The molecule has 2 aromatic rings. The lowest BCUT2D eigenvalue weighted by Gasteiger charge is -2.06. The Morgan fingerprint density at radius 1 is 1.07 bits per heavy atom. The van der Waals surface area contributed by atoms with E-state index in [2.05, 4.69) is 15.6 Å². The van der Waals surface area contributed by atoms with Crippen LogP contribution in [0.15, 0.2) is 24.3 Å². The predicted octanol–water partition coefficient (Wildman–Crippen LogP) is 4.42. The molecule has 2 N–H and O–H groups in total. The first-order valence-electron chi connectivity index (χ1n) is 9.33. The summed E-state index contributed by atoms with van der Waals surface area (Å²) < 4.78 is 0. The Morgan fingerprint density at radius 3 is 2.59 bits per heavy atom. The minimum Gasteiger partial charge on any atom is -0.325 e. The van der Waals surface area contributed by atoms with E-state index in [0.29, 0.717) is 5.13 Å². The van der Waals surface area contributed by atoms with Crippen molar-refractivity contribution in [2.24, 2.45) is 0 Å². The van der Waals surface area contributed by atoms with Crippen molar-refractivity contribution in [3.05, 3.63) is 40.4 Å². The van der Waals surface area contributed by atoms with Gasteiger partial charge < -0.3 is 10.6 Å². The second kappa shape index (κ2) is 9.90. The van der Waals surface area contributed by atoms with Gasteiger partial charge in [-0.25, -0.2) is 4.98 Å². The predicted molar refractivity (Wildman–Crippen MR) is 114 cm³/mol. The summed E-state index contributed by atoms with van der Waals surface area (Å²) in [7, 11) is 0. The average Bonchev–Trinajstić information content (AvgIpc) is 2.95. The van der Waals surface area contributed by atoms with Gasteiger partial charge in [0, 0.05) is 10.6 Å². The first-order chi connectivity index (χ1) is 13.1. The van der Waals surface area contributed by atoms with E-state index in [9.17, 15) is 9.59 Å². The zero-order valence-electron chi connectivity index (χ0n) is 15.5. The monoisotopic (exact) mass is 403 g/mol. The molecule has 7 heteroatoms. The molecule has 0 aliphatic heterocycles. The number of carbonyl (C=O) groups is 2. The highest BCUT2D eigenvalue weighted by molar-refractivity contribution is 8.00. The molecule has 1 aliphatic rings. The van der Waals surface area contributed by atoms with E-state index in [1.54, 1.807) is 11.3 Å². The van der Waals surface area contributed by atoms with Crippen LogP contribution < -0.4 is 10.6 Å². The number of aromatic nitrogens is 1. The fraction of sp³-hybridized carbons (Fsp3) is 0.450. The summed E-state index contributed by atoms with van der Waals surface area (Å²) in [6, 6.07) is 7.67. The molecule has 0 saturated heterocycles. The van der Waals surface area contributed by atoms with Gasteiger partial charge in [-0.1, -0.05) is 25.0 Å². The highest BCUT2D eigenvalue weighted by Gasteiger charge is 2.15. The summed E-state index contributed by atoms with van der Waals surface area (Å²) in [4.78, 5) is 30.0. The Labute approximate surface area is 168 Å². The van der Waals surface area contributed by atoms with Crippen molar-refractivity contribution in [1.29, 1.82) is 0 Å². The highest BCUT2D eigenvalue weighted by atomic mass is 32.2. The van der Waals surface area contributed by atoms with Crippen LogP contribution in [-0.2, 0) is 22.4 Å². The number of benzene rings is 1. The number of nitrogens with zero attached hydrogens (tertiary/aromatic N) is 1. The van der Waals surface area contributed by atoms with Crippen molar-refractivity contribution < 1.29 is 9.59 Å². The van der Waals surface area contributed by atoms with Crippen LogP contribution in [-0.4, -0.2) is 28.3 Å². The first-order valence-corrected chi connectivity index (χ1v) is 11.3. The van der Waals surface area contributed by atoms with Crippen LogP contribution in [0.2, 0.25) is 0 Å². The van der Waals surface area contributed by atoms with Crippen LogP contribution in [0.3, 0.4) is 0 Å². The van der Waals surface area contributed by atoms with Crippen LogP contribution in [0.4, 0.5) is 10.8 Å². The van der Waals surface area contributed by atoms with Crippen molar-refractivity contribution in [2.45, 2.75) is 45.4 Å². The Kier molecular flexibility index (Phi) is 7.29. The maximum atomic E-state index is 12.1. The molecule has 2 amide bonds. The van der Waals surface area contributed by atoms with Gasteiger partial charge in [0.15, 0.2) is 5.13 Å². The summed E-state index contributed by atoms with van der Waals surface area (Å²) in [5.74, 6) is 0.280. The molecule has 3 rings (SSSR count). The molecule has 0 unspecified atom stereocenters. The summed E-state index contributed by atoms with van der Waals surface area (Å²) >= 11 is 2.90. The molecular formula is C20H25N3O2S2. The number of aryl methyl sites for hydroxylation is 3. The maximum absolute atomic E-state index is 12.1. The molecule has 144 valence electrons. The normalized spacial score (nSPS) is 14.0. The molecule has 0 radical (unpaired) electrons. The Bertz CT molecular complexity index is 779. The zero-order chi connectivity index (χ0) is 19.1. The Hall–Kier alpha value is -1.86. The van der Waals surface area contributed by atoms with Crippen LogP contribution in [0.5, 0.6) is 0 Å². The maximum Gasteiger partial charge on any atom is 0.236 e. The van der Waals surface area contributed by atoms with E-state index in [0.717, 1.165) is 29.8 Å². The minimum atomic E-state index is -0.106. The topological polar surface area (TPSA) is 71.1 Å². The number of nitrogens with one attached hydrogen (secondary N) is 2. The minimum absolute atomic E-state index is 0.101. The molecule has 1 aliphatic carbocycles. The fourth-order valence-electron chi connectivity index (χ4n) is 3.07. The summed E-state index contributed by atoms with van der Waals surface area (Å²) in [6.07, 6.45) is 7.00. The van der Waals surface area contributed by atoms with E-state index in [4.69, 9.17) is 0 Å². The molecule has 1 heterocycles. The van der Waals surface area contributed by atoms with E-state index in [1.165, 1.54) is 42.3 Å². The summed E-state index contributed by atoms with van der Waals surface area (Å²) in [5, 5.41) is 6.43. The third-order valence-corrected chi connectivity index (χ3v) is 6.37. The van der Waals surface area contributed by atoms with Crippen molar-refractivity contribution >= 4 is 45.7 Å². The first kappa shape index (κ1) is 19.9. The largest absolute Gasteiger partial charge is 0.325 e. The van der Waals surface area contributed by atoms with E-state index >= 15 is 0 Å². The number of fused-ring (bicyclic) bond motifs is 1. The molecule has 0 fully saturated rings. The lowest BCUT2D eigenvalue weighted by Crippen LogP contribution is -2.18. The molecule has 1 aromatic carbocycles. The second-order valence-electron chi connectivity index (χ2n) is 6.76. The quantitative estimate of drug-likeness (QED) is 0.749. The number of carbonyl (C=O) groups excluding carboxylic acids is 2. The second-order valence-corrected chi connectivity index (χ2v) is 8.83. The van der Waals surface area contributed by atoms with Crippen LogP contribution in [0.25, 0.3) is 0 Å². The standard InChI is InChI=1S/C20H25N3O2S2/c1-14-7-6-8-15(11-14)21-18(24)12-26-13-19(25)23-20-22-16-9-4-2-3-5-10-17(16)27-20/h6-8,11H,2-5,9-10,12-13H2,1H3,(H,21,24)(H,22,23,25). The lowest BCUT2D eigenvalue weighted by molar-refractivity contribution is -0.114. The highest BCUT2D eigenvalue weighted by Crippen LogP contribution is 2.28. The third kappa shape index (κ3) is 6.36. The third-order valence-electron chi connectivity index (χ3n) is 4.36. The van der Waals surface area contributed by atoms with E-state index < -0.39 is 0 Å². The van der Waals surface area contributed by atoms with Crippen molar-refractivity contribution in [1.82, 2.24) is 4.98 Å². The van der Waals surface area contributed by atoms with Gasteiger partial charge in [0.2, 0.25) is 11.8 Å². The van der Waals surface area contributed by atoms with E-state index in [-0.39, 0.29) is 23.3 Å². The van der Waals surface area contributed by atoms with Gasteiger partial charge in [0.1, 0.15) is 0 Å². The van der Waals surface area contributed by atoms with Crippen molar-refractivity contribution in [3.8, 4) is 0 Å². The molecule has 0 bridgehead atoms. The van der Waals surface area contributed by atoms with Gasteiger partial charge in [-0.3, -0.25) is 9.59 Å². The Morgan fingerprint density at radius 2 is 1.81 bits per heavy atom. The molecule has 1 aromatic heterocycles. The summed E-state index contributed by atoms with van der Waals surface area (Å²) in [5.41, 5.74) is 3.03. The molecule has 27 heavy (non-hydrogen) atoms. The van der Waals surface area contributed by atoms with Gasteiger partial charge >= 0.3 is 0 Å². The van der Waals surface area contributed by atoms with E-state index in [1.807, 2.05) is 31.2 Å². The number of hydrogen-bond acceptors (Lipinski definition) is 5. The van der Waals surface area contributed by atoms with Gasteiger partial charge in [0.05, 0.1) is 17.2 Å². The number of thioether (sulfide) groups is 1. The number of anilines is 2. The number of rotatable bonds is 6.